The van der Waals surface area contributed by atoms with Crippen LogP contribution in [-0.2, 0) is 4.74 Å². The fourth-order valence-electron chi connectivity index (χ4n) is 3.57. The van der Waals surface area contributed by atoms with Crippen LogP contribution in [0.1, 0.15) is 51.9 Å². The van der Waals surface area contributed by atoms with Gasteiger partial charge in [0.15, 0.2) is 0 Å². The molecule has 1 saturated heterocycles. The maximum atomic E-state index is 5.96. The average Bonchev–Trinajstić information content (AvgIpc) is 2.45. The number of hydrogen-bond acceptors (Lipinski definition) is 3. The van der Waals surface area contributed by atoms with Gasteiger partial charge in [-0.2, -0.15) is 0 Å². The van der Waals surface area contributed by atoms with E-state index in [0.29, 0.717) is 12.1 Å². The van der Waals surface area contributed by atoms with Gasteiger partial charge in [-0.3, -0.25) is 4.90 Å². The Morgan fingerprint density at radius 2 is 2.00 bits per heavy atom. The molecule has 0 radical (unpaired) electrons. The van der Waals surface area contributed by atoms with E-state index in [1.54, 1.807) is 0 Å². The van der Waals surface area contributed by atoms with Crippen molar-refractivity contribution in [3.8, 4) is 0 Å². The van der Waals surface area contributed by atoms with Gasteiger partial charge in [-0.15, -0.1) is 0 Å². The number of likely N-dealkylation sites (N-methyl/N-ethyl adjacent to an activating group) is 1. The van der Waals surface area contributed by atoms with Gasteiger partial charge < -0.3 is 10.1 Å². The van der Waals surface area contributed by atoms with Gasteiger partial charge >= 0.3 is 0 Å². The highest BCUT2D eigenvalue weighted by Crippen LogP contribution is 2.26. The molecule has 2 fully saturated rings. The molecule has 3 heteroatoms. The second-order valence-electron chi connectivity index (χ2n) is 5.88. The lowest BCUT2D eigenvalue weighted by Crippen LogP contribution is -2.54. The summed E-state index contributed by atoms with van der Waals surface area (Å²) < 4.78 is 5.96. The number of ether oxygens (including phenoxy) is 1. The van der Waals surface area contributed by atoms with Gasteiger partial charge in [-0.1, -0.05) is 19.8 Å². The lowest BCUT2D eigenvalue weighted by molar-refractivity contribution is -0.0220. The Bertz CT molecular complexity index is 235. The Kier molecular flexibility index (Phi) is 5.93. The fourth-order valence-corrected chi connectivity index (χ4v) is 3.57. The quantitative estimate of drug-likeness (QED) is 0.815. The average molecular weight is 254 g/mol. The molecule has 0 amide bonds. The van der Waals surface area contributed by atoms with E-state index in [0.717, 1.165) is 25.6 Å². The van der Waals surface area contributed by atoms with Crippen molar-refractivity contribution in [3.05, 3.63) is 0 Å². The third kappa shape index (κ3) is 3.69. The molecule has 3 nitrogen and oxygen atoms in total. The Morgan fingerprint density at radius 1 is 1.17 bits per heavy atom. The van der Waals surface area contributed by atoms with Crippen molar-refractivity contribution in [3.63, 3.8) is 0 Å². The molecular formula is C15H30N2O. The summed E-state index contributed by atoms with van der Waals surface area (Å²) >= 11 is 0. The summed E-state index contributed by atoms with van der Waals surface area (Å²) in [6.07, 6.45) is 9.70. The van der Waals surface area contributed by atoms with Gasteiger partial charge in [-0.05, 0) is 45.7 Å². The predicted molar refractivity (Wildman–Crippen MR) is 75.9 cm³/mol. The first kappa shape index (κ1) is 14.3. The Morgan fingerprint density at radius 3 is 2.78 bits per heavy atom. The summed E-state index contributed by atoms with van der Waals surface area (Å²) in [6.45, 7) is 5.55. The molecule has 0 spiro atoms. The van der Waals surface area contributed by atoms with Crippen molar-refractivity contribution in [2.45, 2.75) is 70.1 Å². The zero-order valence-electron chi connectivity index (χ0n) is 12.2. The van der Waals surface area contributed by atoms with Crippen molar-refractivity contribution < 1.29 is 4.74 Å². The molecule has 1 saturated carbocycles. The minimum atomic E-state index is 0.484. The van der Waals surface area contributed by atoms with E-state index in [9.17, 15) is 0 Å². The molecule has 3 unspecified atom stereocenters. The van der Waals surface area contributed by atoms with Gasteiger partial charge in [0, 0.05) is 25.2 Å². The maximum Gasteiger partial charge on any atom is 0.0702 e. The van der Waals surface area contributed by atoms with Crippen LogP contribution in [0.4, 0.5) is 0 Å². The molecule has 3 atom stereocenters. The van der Waals surface area contributed by atoms with Crippen LogP contribution in [0.5, 0.6) is 0 Å². The van der Waals surface area contributed by atoms with Crippen molar-refractivity contribution >= 4 is 0 Å². The molecule has 0 bridgehead atoms. The summed E-state index contributed by atoms with van der Waals surface area (Å²) in [5, 5.41) is 3.53. The fraction of sp³-hybridized carbons (Fsp3) is 1.00. The standard InChI is InChI=1S/C15H30N2O/c1-3-11-18-13-7-6-10-17(12-13)15-9-5-4-8-14(15)16-2/h13-16H,3-12H2,1-2H3. The minimum absolute atomic E-state index is 0.484. The van der Waals surface area contributed by atoms with Crippen molar-refractivity contribution in [2.75, 3.05) is 26.7 Å². The van der Waals surface area contributed by atoms with E-state index in [1.807, 2.05) is 0 Å². The lowest BCUT2D eigenvalue weighted by atomic mass is 9.88. The zero-order chi connectivity index (χ0) is 12.8. The number of hydrogen-bond donors (Lipinski definition) is 1. The number of rotatable bonds is 5. The van der Waals surface area contributed by atoms with Gasteiger partial charge in [-0.25, -0.2) is 0 Å². The van der Waals surface area contributed by atoms with Crippen molar-refractivity contribution in [2.24, 2.45) is 0 Å². The summed E-state index contributed by atoms with van der Waals surface area (Å²) in [5.41, 5.74) is 0. The molecule has 18 heavy (non-hydrogen) atoms. The first-order valence-corrected chi connectivity index (χ1v) is 7.88. The lowest BCUT2D eigenvalue weighted by Gasteiger charge is -2.43. The molecule has 2 rings (SSSR count). The minimum Gasteiger partial charge on any atom is -0.377 e. The SMILES string of the molecule is CCCOC1CCCN(C2CCCCC2NC)C1. The van der Waals surface area contributed by atoms with E-state index >= 15 is 0 Å². The normalized spacial score (nSPS) is 34.7. The van der Waals surface area contributed by atoms with Crippen LogP contribution >= 0.6 is 0 Å². The van der Waals surface area contributed by atoms with Crippen LogP contribution in [0, 0.1) is 0 Å². The van der Waals surface area contributed by atoms with E-state index in [2.05, 4.69) is 24.2 Å². The Balaban J connectivity index is 1.86. The van der Waals surface area contributed by atoms with Crippen LogP contribution in [0.3, 0.4) is 0 Å². The van der Waals surface area contributed by atoms with Gasteiger partial charge in [0.1, 0.15) is 0 Å². The molecule has 1 aliphatic carbocycles. The zero-order valence-corrected chi connectivity index (χ0v) is 12.2. The molecular weight excluding hydrogens is 224 g/mol. The highest BCUT2D eigenvalue weighted by atomic mass is 16.5. The Hall–Kier alpha value is -0.120. The monoisotopic (exact) mass is 254 g/mol. The van der Waals surface area contributed by atoms with Crippen LogP contribution in [-0.4, -0.2) is 49.8 Å². The largest absolute Gasteiger partial charge is 0.377 e. The highest BCUT2D eigenvalue weighted by molar-refractivity contribution is 4.90. The summed E-state index contributed by atoms with van der Waals surface area (Å²) in [6, 6.07) is 1.44. The van der Waals surface area contributed by atoms with Crippen LogP contribution in [0.2, 0.25) is 0 Å². The molecule has 0 aromatic carbocycles. The van der Waals surface area contributed by atoms with E-state index in [4.69, 9.17) is 4.74 Å². The topological polar surface area (TPSA) is 24.5 Å². The molecule has 2 aliphatic rings. The van der Waals surface area contributed by atoms with Crippen molar-refractivity contribution in [1.29, 1.82) is 0 Å². The first-order chi connectivity index (χ1) is 8.85. The smallest absolute Gasteiger partial charge is 0.0702 e. The van der Waals surface area contributed by atoms with E-state index in [-0.39, 0.29) is 0 Å². The molecule has 1 aliphatic heterocycles. The highest BCUT2D eigenvalue weighted by Gasteiger charge is 2.32. The molecule has 1 heterocycles. The van der Waals surface area contributed by atoms with Crippen LogP contribution in [0.15, 0.2) is 0 Å². The number of nitrogens with zero attached hydrogens (tertiary/aromatic N) is 1. The van der Waals surface area contributed by atoms with Crippen LogP contribution in [0.25, 0.3) is 0 Å². The maximum absolute atomic E-state index is 5.96. The van der Waals surface area contributed by atoms with Gasteiger partial charge in [0.05, 0.1) is 6.10 Å². The van der Waals surface area contributed by atoms with Gasteiger partial charge in [0.2, 0.25) is 0 Å². The first-order valence-electron chi connectivity index (χ1n) is 7.88. The Labute approximate surface area is 112 Å². The third-order valence-corrected chi connectivity index (χ3v) is 4.54. The predicted octanol–water partition coefficient (Wildman–Crippen LogP) is 2.41. The van der Waals surface area contributed by atoms with E-state index < -0.39 is 0 Å². The number of nitrogens with one attached hydrogen (secondary N) is 1. The van der Waals surface area contributed by atoms with E-state index in [1.165, 1.54) is 45.1 Å². The second kappa shape index (κ2) is 7.46. The molecule has 106 valence electrons. The summed E-state index contributed by atoms with van der Waals surface area (Å²) in [5.74, 6) is 0. The third-order valence-electron chi connectivity index (χ3n) is 4.54. The second-order valence-corrected chi connectivity index (χ2v) is 5.88. The summed E-state index contributed by atoms with van der Waals surface area (Å²) in [7, 11) is 2.12. The van der Waals surface area contributed by atoms with Crippen molar-refractivity contribution in [1.82, 2.24) is 10.2 Å². The molecule has 0 aromatic heterocycles. The molecule has 0 aromatic rings. The number of likely N-dealkylation sites (tertiary alicyclic amines) is 1. The van der Waals surface area contributed by atoms with Gasteiger partial charge in [0.25, 0.3) is 0 Å². The van der Waals surface area contributed by atoms with Crippen LogP contribution < -0.4 is 5.32 Å². The summed E-state index contributed by atoms with van der Waals surface area (Å²) in [4.78, 5) is 2.70. The molecule has 1 N–H and O–H groups in total. The number of piperidine rings is 1.